The Balaban J connectivity index is 2.24. The van der Waals surface area contributed by atoms with Gasteiger partial charge in [0.25, 0.3) is 0 Å². The van der Waals surface area contributed by atoms with Crippen LogP contribution in [0, 0.1) is 5.92 Å². The molecule has 1 aromatic carbocycles. The molecule has 2 rings (SSSR count). The number of H-pyrrole nitrogens is 1. The van der Waals surface area contributed by atoms with Crippen molar-refractivity contribution in [3.63, 3.8) is 0 Å². The number of aliphatic hydroxyl groups is 5. The highest BCUT2D eigenvalue weighted by atomic mass is 32.2. The monoisotopic (exact) mass is 1070 g/mol. The molecule has 0 spiro atoms. The van der Waals surface area contributed by atoms with Gasteiger partial charge >= 0.3 is 5.97 Å². The normalized spacial score (nSPS) is 15.6. The number of nitrogens with zero attached hydrogens (tertiary/aromatic N) is 1. The second kappa shape index (κ2) is 31.6. The van der Waals surface area contributed by atoms with E-state index in [1.54, 1.807) is 6.26 Å². The molecule has 19 N–H and O–H groups in total. The van der Waals surface area contributed by atoms with Crippen molar-refractivity contribution in [2.75, 3.05) is 38.4 Å². The van der Waals surface area contributed by atoms with Crippen LogP contribution in [0.15, 0.2) is 36.8 Å². The molecule has 0 radical (unpaired) electrons. The predicted molar refractivity (Wildman–Crippen MR) is 261 cm³/mol. The summed E-state index contributed by atoms with van der Waals surface area (Å²) in [6.45, 7) is 1.22. The molecule has 9 amide bonds. The van der Waals surface area contributed by atoms with Gasteiger partial charge in [0.2, 0.25) is 53.2 Å². The van der Waals surface area contributed by atoms with E-state index in [1.807, 2.05) is 0 Å². The van der Waals surface area contributed by atoms with Crippen LogP contribution in [-0.4, -0.2) is 210 Å². The van der Waals surface area contributed by atoms with Gasteiger partial charge in [-0.25, -0.2) is 9.78 Å². The standard InChI is InChI=1S/C44H68N12O17S/c1-20(2)33(55-41(69)32(18-60)52-40(68)31(17-59)54-43(71)34(22(4)61)56-35(63)21(3)48-36(64)26(45)15-57)42(70)53-30(16-58)39(67)50-28(12-23-6-8-25(62)9-7-23)38(66)49-27(10-11-74-5)37(65)51-29(44(72)73)13-24-14-46-19-47-24/h6-9,14,19-22,26-34,57-62H,10-13,15-18,45H2,1-5H3,(H,46,47)(H,48,64)(H,49,66)(H,50,67)(H,51,65)(H,52,68)(H,53,70)(H,54,71)(H,55,69)(H,56,63)(H,72,73)/t21-,22+,26-,27-,28-,29-,30-,31-,32-,33-,34-/m0/s1. The Bertz CT molecular complexity index is 2200. The first-order valence-electron chi connectivity index (χ1n) is 23.0. The number of aliphatic hydroxyl groups excluding tert-OH is 5. The van der Waals surface area contributed by atoms with Crippen molar-refractivity contribution >= 4 is 70.9 Å². The fourth-order valence-electron chi connectivity index (χ4n) is 6.53. The van der Waals surface area contributed by atoms with Crippen LogP contribution in [-0.2, 0) is 60.8 Å². The third-order valence-corrected chi connectivity index (χ3v) is 11.5. The molecule has 2 aromatic rings. The number of phenols is 1. The van der Waals surface area contributed by atoms with Gasteiger partial charge in [0.05, 0.1) is 38.9 Å². The van der Waals surface area contributed by atoms with Crippen molar-refractivity contribution < 1.29 is 83.7 Å². The molecular weight excluding hydrogens is 1000 g/mol. The van der Waals surface area contributed by atoms with E-state index in [1.165, 1.54) is 69.3 Å². The summed E-state index contributed by atoms with van der Waals surface area (Å²) in [5, 5.41) is 89.9. The minimum absolute atomic E-state index is 0.0194. The fraction of sp³-hybridized carbons (Fsp3) is 0.568. The van der Waals surface area contributed by atoms with Crippen molar-refractivity contribution in [2.24, 2.45) is 11.7 Å². The maximum absolute atomic E-state index is 14.0. The molecule has 0 fully saturated rings. The first-order valence-corrected chi connectivity index (χ1v) is 24.4. The molecule has 0 aliphatic rings. The van der Waals surface area contributed by atoms with Gasteiger partial charge < -0.3 is 94.3 Å². The molecule has 0 saturated heterocycles. The summed E-state index contributed by atoms with van der Waals surface area (Å²) >= 11 is 1.33. The topological polar surface area (TPSA) is 475 Å². The van der Waals surface area contributed by atoms with Crippen molar-refractivity contribution in [1.82, 2.24) is 57.8 Å². The largest absolute Gasteiger partial charge is 0.508 e. The number of carboxylic acid groups (broad SMARTS) is 1. The number of thioether (sulfide) groups is 1. The molecule has 0 unspecified atom stereocenters. The summed E-state index contributed by atoms with van der Waals surface area (Å²) in [6.07, 6.45) is 2.41. The number of rotatable bonds is 32. The number of carboxylic acids is 1. The number of aromatic amines is 1. The van der Waals surface area contributed by atoms with E-state index in [-0.39, 0.29) is 25.0 Å². The smallest absolute Gasteiger partial charge is 0.326 e. The van der Waals surface area contributed by atoms with Crippen LogP contribution in [0.3, 0.4) is 0 Å². The predicted octanol–water partition coefficient (Wildman–Crippen LogP) is -7.55. The Morgan fingerprint density at radius 3 is 1.51 bits per heavy atom. The van der Waals surface area contributed by atoms with Crippen LogP contribution in [0.2, 0.25) is 0 Å². The first kappa shape index (κ1) is 63.2. The molecule has 0 aliphatic heterocycles. The highest BCUT2D eigenvalue weighted by Gasteiger charge is 2.36. The van der Waals surface area contributed by atoms with Crippen LogP contribution >= 0.6 is 11.8 Å². The Kier molecular flexibility index (Phi) is 27.0. The maximum Gasteiger partial charge on any atom is 0.326 e. The van der Waals surface area contributed by atoms with E-state index in [4.69, 9.17) is 10.8 Å². The number of nitrogens with one attached hydrogen (secondary N) is 10. The minimum Gasteiger partial charge on any atom is -0.508 e. The molecule has 30 heteroatoms. The van der Waals surface area contributed by atoms with Gasteiger partial charge in [-0.3, -0.25) is 43.2 Å². The number of carbonyl (C=O) groups is 10. The van der Waals surface area contributed by atoms with Crippen molar-refractivity contribution in [2.45, 2.75) is 113 Å². The number of imidazole rings is 1. The molecule has 11 atom stereocenters. The zero-order chi connectivity index (χ0) is 55.8. The summed E-state index contributed by atoms with van der Waals surface area (Å²) in [7, 11) is 0. The highest BCUT2D eigenvalue weighted by Crippen LogP contribution is 2.13. The van der Waals surface area contributed by atoms with Gasteiger partial charge in [-0.1, -0.05) is 26.0 Å². The fourth-order valence-corrected chi connectivity index (χ4v) is 7.00. The quantitative estimate of drug-likeness (QED) is 0.0324. The second-order valence-corrected chi connectivity index (χ2v) is 18.1. The van der Waals surface area contributed by atoms with Gasteiger partial charge in [-0.05, 0) is 55.9 Å². The highest BCUT2D eigenvalue weighted by molar-refractivity contribution is 7.98. The number of aromatic hydroxyl groups is 1. The Hall–Kier alpha value is -6.96. The second-order valence-electron chi connectivity index (χ2n) is 17.2. The Labute approximate surface area is 428 Å². The molecule has 29 nitrogen and oxygen atoms in total. The summed E-state index contributed by atoms with van der Waals surface area (Å²) in [5.41, 5.74) is 6.23. The number of amides is 9. The summed E-state index contributed by atoms with van der Waals surface area (Å²) in [4.78, 5) is 138. The van der Waals surface area contributed by atoms with Crippen LogP contribution in [0.1, 0.15) is 45.4 Å². The van der Waals surface area contributed by atoms with Crippen molar-refractivity contribution in [1.29, 1.82) is 0 Å². The maximum atomic E-state index is 14.0. The minimum atomic E-state index is -1.86. The zero-order valence-electron chi connectivity index (χ0n) is 41.2. The third-order valence-electron chi connectivity index (χ3n) is 10.9. The van der Waals surface area contributed by atoms with Crippen molar-refractivity contribution in [3.8, 4) is 5.75 Å². The SMILES string of the molecule is CSCC[C@H](NC(=O)[C@H](Cc1ccc(O)cc1)NC(=O)[C@H](CO)NC(=O)[C@@H](NC(=O)[C@H](CO)NC(=O)[C@H](CO)NC(=O)[C@@H](NC(=O)[C@H](C)NC(=O)[C@@H](N)CO)[C@@H](C)O)C(C)C)C(=O)N[C@@H](Cc1cnc[nH]1)C(=O)O. The van der Waals surface area contributed by atoms with Crippen LogP contribution in [0.25, 0.3) is 0 Å². The number of aromatic nitrogens is 2. The lowest BCUT2D eigenvalue weighted by molar-refractivity contribution is -0.142. The third kappa shape index (κ3) is 20.5. The van der Waals surface area contributed by atoms with E-state index in [2.05, 4.69) is 57.8 Å². The van der Waals surface area contributed by atoms with Crippen LogP contribution in [0.4, 0.5) is 0 Å². The molecular formula is C44H68N12O17S. The first-order chi connectivity index (χ1) is 34.9. The molecule has 0 aliphatic carbocycles. The number of phenolic OH excluding ortho intramolecular Hbond substituents is 1. The molecule has 0 bridgehead atoms. The summed E-state index contributed by atoms with van der Waals surface area (Å²) in [5.74, 6) is -11.5. The summed E-state index contributed by atoms with van der Waals surface area (Å²) < 4.78 is 0. The van der Waals surface area contributed by atoms with E-state index in [9.17, 15) is 78.6 Å². The van der Waals surface area contributed by atoms with E-state index in [0.717, 1.165) is 6.92 Å². The zero-order valence-corrected chi connectivity index (χ0v) is 42.0. The van der Waals surface area contributed by atoms with Gasteiger partial charge in [0, 0.05) is 24.7 Å². The number of carbonyl (C=O) groups excluding carboxylic acids is 9. The number of aliphatic carboxylic acids is 1. The number of hydrogen-bond donors (Lipinski definition) is 18. The molecule has 0 saturated carbocycles. The molecule has 1 heterocycles. The average molecular weight is 1070 g/mol. The van der Waals surface area contributed by atoms with Gasteiger partial charge in [0.1, 0.15) is 66.2 Å². The lowest BCUT2D eigenvalue weighted by atomic mass is 10.0. The van der Waals surface area contributed by atoms with Crippen LogP contribution in [0.5, 0.6) is 5.75 Å². The number of benzene rings is 1. The van der Waals surface area contributed by atoms with Crippen LogP contribution < -0.4 is 53.6 Å². The number of nitrogens with two attached hydrogens (primary N) is 1. The molecule has 74 heavy (non-hydrogen) atoms. The summed E-state index contributed by atoms with van der Waals surface area (Å²) in [6, 6.07) is -10.3. The Morgan fingerprint density at radius 1 is 0.581 bits per heavy atom. The lowest BCUT2D eigenvalue weighted by Gasteiger charge is -2.28. The van der Waals surface area contributed by atoms with Gasteiger partial charge in [-0.15, -0.1) is 0 Å². The van der Waals surface area contributed by atoms with E-state index >= 15 is 0 Å². The Morgan fingerprint density at radius 2 is 1.04 bits per heavy atom. The van der Waals surface area contributed by atoms with E-state index < -0.39 is 158 Å². The average Bonchev–Trinajstić information content (AvgIpc) is 3.88. The number of hydrogen-bond acceptors (Lipinski definition) is 19. The molecule has 1 aromatic heterocycles. The lowest BCUT2D eigenvalue weighted by Crippen LogP contribution is -2.63. The van der Waals surface area contributed by atoms with Crippen molar-refractivity contribution in [3.05, 3.63) is 48.0 Å². The van der Waals surface area contributed by atoms with Gasteiger partial charge in [-0.2, -0.15) is 11.8 Å². The van der Waals surface area contributed by atoms with Gasteiger partial charge in [0.15, 0.2) is 0 Å². The molecule has 412 valence electrons. The van der Waals surface area contributed by atoms with E-state index in [0.29, 0.717) is 17.0 Å².